The van der Waals surface area contributed by atoms with E-state index in [9.17, 15) is 14.7 Å². The number of amides is 1. The molecule has 5 heteroatoms. The van der Waals surface area contributed by atoms with Gasteiger partial charge < -0.3 is 15.2 Å². The monoisotopic (exact) mass is 335 g/mol. The summed E-state index contributed by atoms with van der Waals surface area (Å²) in [6, 6.07) is 7.42. The molecular formula is C19H29NO4. The van der Waals surface area contributed by atoms with Crippen LogP contribution in [0.1, 0.15) is 39.7 Å². The van der Waals surface area contributed by atoms with Crippen molar-refractivity contribution in [2.75, 3.05) is 13.2 Å². The first-order chi connectivity index (χ1) is 11.3. The highest BCUT2D eigenvalue weighted by atomic mass is 16.5. The van der Waals surface area contributed by atoms with Crippen LogP contribution in [0.3, 0.4) is 0 Å². The van der Waals surface area contributed by atoms with E-state index in [1.165, 1.54) is 0 Å². The number of nitrogens with one attached hydrogen (secondary N) is 1. The number of benzene rings is 1. The van der Waals surface area contributed by atoms with Crippen molar-refractivity contribution >= 4 is 11.9 Å². The normalized spacial score (nSPS) is 12.2. The maximum absolute atomic E-state index is 12.0. The predicted molar refractivity (Wildman–Crippen MR) is 94.1 cm³/mol. The summed E-state index contributed by atoms with van der Waals surface area (Å²) in [5, 5.41) is 11.9. The maximum atomic E-state index is 12.0. The van der Waals surface area contributed by atoms with Gasteiger partial charge in [0.2, 0.25) is 5.91 Å². The number of carbonyl (C=O) groups excluding carboxylic acids is 1. The van der Waals surface area contributed by atoms with E-state index in [1.807, 2.05) is 38.1 Å². The number of rotatable bonds is 10. The van der Waals surface area contributed by atoms with E-state index in [2.05, 4.69) is 19.2 Å². The van der Waals surface area contributed by atoms with Crippen molar-refractivity contribution in [3.05, 3.63) is 29.8 Å². The maximum Gasteiger partial charge on any atom is 0.308 e. The Morgan fingerprint density at radius 3 is 2.21 bits per heavy atom. The third-order valence-corrected chi connectivity index (χ3v) is 3.52. The Labute approximate surface area is 144 Å². The minimum absolute atomic E-state index is 0.166. The third-order valence-electron chi connectivity index (χ3n) is 3.52. The molecule has 0 radical (unpaired) electrons. The van der Waals surface area contributed by atoms with Crippen LogP contribution in [0.4, 0.5) is 0 Å². The van der Waals surface area contributed by atoms with Crippen LogP contribution in [-0.4, -0.2) is 30.1 Å². The summed E-state index contributed by atoms with van der Waals surface area (Å²) in [7, 11) is 0. The van der Waals surface area contributed by atoms with Gasteiger partial charge in [0.15, 0.2) is 0 Å². The first-order valence-corrected chi connectivity index (χ1v) is 8.49. The molecule has 0 spiro atoms. The molecule has 0 aliphatic rings. The summed E-state index contributed by atoms with van der Waals surface area (Å²) in [6.07, 6.45) is 0.788. The zero-order valence-corrected chi connectivity index (χ0v) is 15.0. The van der Waals surface area contributed by atoms with Crippen LogP contribution in [0.15, 0.2) is 24.3 Å². The Hall–Kier alpha value is -2.04. The van der Waals surface area contributed by atoms with E-state index >= 15 is 0 Å². The minimum Gasteiger partial charge on any atom is -0.493 e. The van der Waals surface area contributed by atoms with Gasteiger partial charge in [-0.2, -0.15) is 0 Å². The molecule has 24 heavy (non-hydrogen) atoms. The van der Waals surface area contributed by atoms with E-state index < -0.39 is 11.9 Å². The molecule has 0 saturated carbocycles. The summed E-state index contributed by atoms with van der Waals surface area (Å²) >= 11 is 0. The lowest BCUT2D eigenvalue weighted by Gasteiger charge is -2.15. The molecule has 0 heterocycles. The molecule has 0 fully saturated rings. The van der Waals surface area contributed by atoms with Crippen molar-refractivity contribution < 1.29 is 19.4 Å². The van der Waals surface area contributed by atoms with Crippen LogP contribution >= 0.6 is 0 Å². The smallest absolute Gasteiger partial charge is 0.308 e. The highest BCUT2D eigenvalue weighted by Gasteiger charge is 2.19. The van der Waals surface area contributed by atoms with Crippen molar-refractivity contribution in [1.82, 2.24) is 5.32 Å². The Morgan fingerprint density at radius 1 is 1.08 bits per heavy atom. The fourth-order valence-corrected chi connectivity index (χ4v) is 2.29. The van der Waals surface area contributed by atoms with E-state index in [0.29, 0.717) is 18.9 Å². The number of hydrogen-bond acceptors (Lipinski definition) is 3. The van der Waals surface area contributed by atoms with Crippen LogP contribution in [0, 0.1) is 17.8 Å². The van der Waals surface area contributed by atoms with Crippen molar-refractivity contribution in [2.24, 2.45) is 17.8 Å². The van der Waals surface area contributed by atoms with Gasteiger partial charge in [-0.15, -0.1) is 0 Å². The molecule has 0 aliphatic heterocycles. The quantitative estimate of drug-likeness (QED) is 0.689. The topological polar surface area (TPSA) is 75.6 Å². The van der Waals surface area contributed by atoms with E-state index in [0.717, 1.165) is 11.3 Å². The van der Waals surface area contributed by atoms with Gasteiger partial charge >= 0.3 is 5.97 Å². The summed E-state index contributed by atoms with van der Waals surface area (Å²) in [5.74, 6) is -0.0436. The van der Waals surface area contributed by atoms with Gasteiger partial charge in [-0.1, -0.05) is 39.8 Å². The lowest BCUT2D eigenvalue weighted by molar-refractivity contribution is -0.142. The molecule has 1 amide bonds. The number of ether oxygens (including phenoxy) is 1. The van der Waals surface area contributed by atoms with Gasteiger partial charge in [-0.05, 0) is 36.0 Å². The predicted octanol–water partition coefficient (Wildman–Crippen LogP) is 3.13. The van der Waals surface area contributed by atoms with E-state index in [1.54, 1.807) is 0 Å². The van der Waals surface area contributed by atoms with Crippen molar-refractivity contribution in [3.63, 3.8) is 0 Å². The summed E-state index contributed by atoms with van der Waals surface area (Å²) in [5.41, 5.74) is 0.875. The van der Waals surface area contributed by atoms with Crippen LogP contribution in [0.2, 0.25) is 0 Å². The molecule has 0 aromatic heterocycles. The minimum atomic E-state index is -0.865. The van der Waals surface area contributed by atoms with Gasteiger partial charge in [-0.3, -0.25) is 9.59 Å². The highest BCUT2D eigenvalue weighted by molar-refractivity contribution is 5.79. The number of carboxylic acid groups (broad SMARTS) is 1. The van der Waals surface area contributed by atoms with Crippen LogP contribution in [0.5, 0.6) is 5.75 Å². The Kier molecular flexibility index (Phi) is 8.30. The molecule has 1 aromatic rings. The second-order valence-corrected chi connectivity index (χ2v) is 6.99. The molecule has 1 rings (SSSR count). The van der Waals surface area contributed by atoms with Gasteiger partial charge in [0.05, 0.1) is 18.9 Å². The number of aliphatic carboxylic acids is 1. The SMILES string of the molecule is CC(C)COc1ccc(CC(=O)NCC(CC(C)C)C(=O)O)cc1. The van der Waals surface area contributed by atoms with Crippen LogP contribution in [-0.2, 0) is 16.0 Å². The Balaban J connectivity index is 2.45. The van der Waals surface area contributed by atoms with Crippen LogP contribution in [0.25, 0.3) is 0 Å². The molecule has 134 valence electrons. The van der Waals surface area contributed by atoms with E-state index in [4.69, 9.17) is 4.74 Å². The molecule has 5 nitrogen and oxygen atoms in total. The lowest BCUT2D eigenvalue weighted by atomic mass is 9.97. The van der Waals surface area contributed by atoms with Gasteiger partial charge in [0, 0.05) is 6.54 Å². The Morgan fingerprint density at radius 2 is 1.71 bits per heavy atom. The number of carbonyl (C=O) groups is 2. The summed E-state index contributed by atoms with van der Waals surface area (Å²) in [4.78, 5) is 23.2. The molecule has 1 atom stereocenters. The molecule has 1 aromatic carbocycles. The fraction of sp³-hybridized carbons (Fsp3) is 0.579. The zero-order chi connectivity index (χ0) is 18.1. The average Bonchev–Trinajstić information content (AvgIpc) is 2.50. The van der Waals surface area contributed by atoms with E-state index in [-0.39, 0.29) is 24.8 Å². The third kappa shape index (κ3) is 7.99. The number of carboxylic acids is 1. The first-order valence-electron chi connectivity index (χ1n) is 8.49. The second-order valence-electron chi connectivity index (χ2n) is 6.99. The van der Waals surface area contributed by atoms with Crippen molar-refractivity contribution in [1.29, 1.82) is 0 Å². The molecule has 2 N–H and O–H groups in total. The summed E-state index contributed by atoms with van der Waals surface area (Å²) in [6.45, 7) is 8.94. The van der Waals surface area contributed by atoms with Crippen molar-refractivity contribution in [2.45, 2.75) is 40.5 Å². The standard InChI is InChI=1S/C19H29NO4/c1-13(2)9-16(19(22)23)11-20-18(21)10-15-5-7-17(8-6-15)24-12-14(3)4/h5-8,13-14,16H,9-12H2,1-4H3,(H,20,21)(H,22,23). The molecule has 0 bridgehead atoms. The van der Waals surface area contributed by atoms with Gasteiger partial charge in [-0.25, -0.2) is 0 Å². The highest BCUT2D eigenvalue weighted by Crippen LogP contribution is 2.14. The average molecular weight is 335 g/mol. The van der Waals surface area contributed by atoms with Crippen molar-refractivity contribution in [3.8, 4) is 5.75 Å². The molecule has 0 aliphatic carbocycles. The fourth-order valence-electron chi connectivity index (χ4n) is 2.29. The Bertz CT molecular complexity index is 523. The number of hydrogen-bond donors (Lipinski definition) is 2. The molecule has 0 saturated heterocycles. The molecular weight excluding hydrogens is 306 g/mol. The van der Waals surface area contributed by atoms with Crippen LogP contribution < -0.4 is 10.1 Å². The lowest BCUT2D eigenvalue weighted by Crippen LogP contribution is -2.34. The van der Waals surface area contributed by atoms with Gasteiger partial charge in [0.1, 0.15) is 5.75 Å². The summed E-state index contributed by atoms with van der Waals surface area (Å²) < 4.78 is 5.60. The zero-order valence-electron chi connectivity index (χ0n) is 15.0. The second kappa shape index (κ2) is 9.96. The largest absolute Gasteiger partial charge is 0.493 e. The van der Waals surface area contributed by atoms with Gasteiger partial charge in [0.25, 0.3) is 0 Å². The molecule has 1 unspecified atom stereocenters. The first kappa shape index (κ1) is 20.0.